The van der Waals surface area contributed by atoms with Crippen LogP contribution in [0.5, 0.6) is 0 Å². The van der Waals surface area contributed by atoms with E-state index in [1.165, 1.54) is 29.1 Å². The molecule has 0 spiro atoms. The van der Waals surface area contributed by atoms with E-state index in [0.29, 0.717) is 10.1 Å². The summed E-state index contributed by atoms with van der Waals surface area (Å²) < 4.78 is 1.03. The zero-order valence-electron chi connectivity index (χ0n) is 11.3. The fourth-order valence-electron chi connectivity index (χ4n) is 2.53. The third-order valence-electron chi connectivity index (χ3n) is 3.55. The van der Waals surface area contributed by atoms with Gasteiger partial charge in [-0.2, -0.15) is 0 Å². The van der Waals surface area contributed by atoms with Crippen LogP contribution in [0.2, 0.25) is 0 Å². The highest BCUT2D eigenvalue weighted by molar-refractivity contribution is 7.20. The monoisotopic (exact) mass is 315 g/mol. The van der Waals surface area contributed by atoms with Gasteiger partial charge in [0.15, 0.2) is 10.1 Å². The van der Waals surface area contributed by atoms with Crippen LogP contribution in [0.4, 0.5) is 5.13 Å². The third kappa shape index (κ3) is 2.45. The number of nitrogens with zero attached hydrogens (tertiary/aromatic N) is 2. The molecule has 0 saturated heterocycles. The van der Waals surface area contributed by atoms with E-state index in [2.05, 4.69) is 15.3 Å². The van der Waals surface area contributed by atoms with Crippen LogP contribution in [0.3, 0.4) is 0 Å². The first kappa shape index (κ1) is 12.9. The Morgan fingerprint density at radius 2 is 1.95 bits per heavy atom. The van der Waals surface area contributed by atoms with Crippen molar-refractivity contribution < 1.29 is 4.79 Å². The number of rotatable bonds is 2. The molecule has 4 rings (SSSR count). The Bertz CT molecular complexity index is 765. The quantitative estimate of drug-likeness (QED) is 0.780. The Morgan fingerprint density at radius 1 is 1.10 bits per heavy atom. The predicted molar refractivity (Wildman–Crippen MR) is 86.3 cm³/mol. The third-order valence-corrected chi connectivity index (χ3v) is 5.66. The Balaban J connectivity index is 1.58. The molecule has 1 aliphatic rings. The SMILES string of the molecule is O=C(Nc1nc2c(s1)CCCC2)c1nc2ccccc2s1. The molecule has 0 atom stereocenters. The van der Waals surface area contributed by atoms with Crippen LogP contribution in [0, 0.1) is 0 Å². The van der Waals surface area contributed by atoms with Crippen LogP contribution in [0.1, 0.15) is 33.2 Å². The fraction of sp³-hybridized carbons (Fsp3) is 0.267. The van der Waals surface area contributed by atoms with Crippen molar-refractivity contribution in [2.45, 2.75) is 25.7 Å². The van der Waals surface area contributed by atoms with Crippen molar-refractivity contribution in [2.75, 3.05) is 5.32 Å². The fourth-order valence-corrected chi connectivity index (χ4v) is 4.43. The topological polar surface area (TPSA) is 54.9 Å². The second-order valence-electron chi connectivity index (χ2n) is 5.04. The average molecular weight is 315 g/mol. The van der Waals surface area contributed by atoms with Crippen molar-refractivity contribution in [1.29, 1.82) is 0 Å². The van der Waals surface area contributed by atoms with Gasteiger partial charge in [0.05, 0.1) is 15.9 Å². The Hall–Kier alpha value is -1.79. The van der Waals surface area contributed by atoms with Gasteiger partial charge in [0.2, 0.25) is 0 Å². The summed E-state index contributed by atoms with van der Waals surface area (Å²) in [5.74, 6) is -0.165. The van der Waals surface area contributed by atoms with Crippen LogP contribution in [-0.2, 0) is 12.8 Å². The molecule has 1 aromatic carbocycles. The number of amides is 1. The summed E-state index contributed by atoms with van der Waals surface area (Å²) in [6.07, 6.45) is 4.54. The van der Waals surface area contributed by atoms with Crippen LogP contribution in [0.15, 0.2) is 24.3 Å². The van der Waals surface area contributed by atoms with Gasteiger partial charge < -0.3 is 0 Å². The summed E-state index contributed by atoms with van der Waals surface area (Å²) in [7, 11) is 0. The summed E-state index contributed by atoms with van der Waals surface area (Å²) in [5, 5.41) is 4.08. The molecule has 0 saturated carbocycles. The number of carbonyl (C=O) groups is 1. The average Bonchev–Trinajstić information content (AvgIpc) is 3.10. The number of hydrogen-bond acceptors (Lipinski definition) is 5. The van der Waals surface area contributed by atoms with Gasteiger partial charge in [0.1, 0.15) is 0 Å². The summed E-state index contributed by atoms with van der Waals surface area (Å²) in [4.78, 5) is 22.5. The molecule has 0 unspecified atom stereocenters. The maximum atomic E-state index is 12.3. The molecule has 0 radical (unpaired) electrons. The van der Waals surface area contributed by atoms with E-state index in [1.807, 2.05) is 24.3 Å². The molecule has 1 amide bonds. The van der Waals surface area contributed by atoms with Crippen molar-refractivity contribution in [3.63, 3.8) is 0 Å². The normalized spacial score (nSPS) is 14.1. The smallest absolute Gasteiger partial charge is 0.286 e. The largest absolute Gasteiger partial charge is 0.296 e. The molecular weight excluding hydrogens is 302 g/mol. The van der Waals surface area contributed by atoms with Gasteiger partial charge in [-0.05, 0) is 37.8 Å². The first-order chi connectivity index (χ1) is 10.3. The minimum Gasteiger partial charge on any atom is -0.296 e. The maximum absolute atomic E-state index is 12.3. The van der Waals surface area contributed by atoms with Crippen LogP contribution in [-0.4, -0.2) is 15.9 Å². The Labute approximate surface area is 129 Å². The first-order valence-corrected chi connectivity index (χ1v) is 8.58. The molecule has 0 fully saturated rings. The van der Waals surface area contributed by atoms with E-state index in [1.54, 1.807) is 11.3 Å². The molecule has 0 aliphatic heterocycles. The highest BCUT2D eigenvalue weighted by atomic mass is 32.1. The number of thiazole rings is 2. The van der Waals surface area contributed by atoms with Crippen LogP contribution < -0.4 is 5.32 Å². The Kier molecular flexibility index (Phi) is 3.20. The minimum atomic E-state index is -0.165. The maximum Gasteiger partial charge on any atom is 0.286 e. The van der Waals surface area contributed by atoms with Crippen LogP contribution >= 0.6 is 22.7 Å². The number of para-hydroxylation sites is 1. The number of fused-ring (bicyclic) bond motifs is 2. The molecule has 4 nitrogen and oxygen atoms in total. The van der Waals surface area contributed by atoms with Gasteiger partial charge in [-0.25, -0.2) is 9.97 Å². The van der Waals surface area contributed by atoms with E-state index < -0.39 is 0 Å². The number of aryl methyl sites for hydroxylation is 2. The molecule has 21 heavy (non-hydrogen) atoms. The zero-order valence-corrected chi connectivity index (χ0v) is 12.9. The first-order valence-electron chi connectivity index (χ1n) is 6.95. The minimum absolute atomic E-state index is 0.165. The van der Waals surface area contributed by atoms with Crippen molar-refractivity contribution >= 4 is 43.9 Å². The number of hydrogen-bond donors (Lipinski definition) is 1. The zero-order chi connectivity index (χ0) is 14.2. The molecule has 6 heteroatoms. The molecular formula is C15H13N3OS2. The standard InChI is InChI=1S/C15H13N3OS2/c19-13(14-16-9-5-1-3-7-11(9)20-14)18-15-17-10-6-2-4-8-12(10)21-15/h1,3,5,7H,2,4,6,8H2,(H,17,18,19). The lowest BCUT2D eigenvalue weighted by Crippen LogP contribution is -2.11. The lowest BCUT2D eigenvalue weighted by atomic mass is 10.0. The van der Waals surface area contributed by atoms with Crippen LogP contribution in [0.25, 0.3) is 10.2 Å². The van der Waals surface area contributed by atoms with Crippen molar-refractivity contribution in [2.24, 2.45) is 0 Å². The highest BCUT2D eigenvalue weighted by Crippen LogP contribution is 2.30. The number of aromatic nitrogens is 2. The number of anilines is 1. The lowest BCUT2D eigenvalue weighted by molar-refractivity contribution is 0.102. The summed E-state index contributed by atoms with van der Waals surface area (Å²) in [5.41, 5.74) is 2.02. The molecule has 106 valence electrons. The van der Waals surface area contributed by atoms with Gasteiger partial charge in [0.25, 0.3) is 5.91 Å². The number of nitrogens with one attached hydrogen (secondary N) is 1. The molecule has 2 heterocycles. The molecule has 0 bridgehead atoms. The van der Waals surface area contributed by atoms with Crippen molar-refractivity contribution in [1.82, 2.24) is 9.97 Å². The van der Waals surface area contributed by atoms with E-state index >= 15 is 0 Å². The molecule has 3 aromatic rings. The van der Waals surface area contributed by atoms with Gasteiger partial charge >= 0.3 is 0 Å². The lowest BCUT2D eigenvalue weighted by Gasteiger charge is -2.06. The van der Waals surface area contributed by atoms with Crippen molar-refractivity contribution in [3.8, 4) is 0 Å². The number of carbonyl (C=O) groups excluding carboxylic acids is 1. The van der Waals surface area contributed by atoms with E-state index in [4.69, 9.17) is 0 Å². The van der Waals surface area contributed by atoms with Gasteiger partial charge in [0, 0.05) is 4.88 Å². The summed E-state index contributed by atoms with van der Waals surface area (Å²) in [6.45, 7) is 0. The molecule has 1 N–H and O–H groups in total. The van der Waals surface area contributed by atoms with Gasteiger partial charge in [-0.15, -0.1) is 22.7 Å². The molecule has 1 aliphatic carbocycles. The summed E-state index contributed by atoms with van der Waals surface area (Å²) in [6, 6.07) is 7.78. The Morgan fingerprint density at radius 3 is 2.81 bits per heavy atom. The second-order valence-corrected chi connectivity index (χ2v) is 7.15. The van der Waals surface area contributed by atoms with E-state index in [0.717, 1.165) is 28.8 Å². The predicted octanol–water partition coefficient (Wildman–Crippen LogP) is 3.88. The van der Waals surface area contributed by atoms with Crippen molar-refractivity contribution in [3.05, 3.63) is 39.8 Å². The van der Waals surface area contributed by atoms with Gasteiger partial charge in [-0.1, -0.05) is 12.1 Å². The number of benzene rings is 1. The highest BCUT2D eigenvalue weighted by Gasteiger charge is 2.18. The van der Waals surface area contributed by atoms with Gasteiger partial charge in [-0.3, -0.25) is 10.1 Å². The second kappa shape index (κ2) is 5.20. The van der Waals surface area contributed by atoms with E-state index in [9.17, 15) is 4.79 Å². The van der Waals surface area contributed by atoms with E-state index in [-0.39, 0.29) is 5.91 Å². The molecule has 2 aromatic heterocycles. The summed E-state index contributed by atoms with van der Waals surface area (Å²) >= 11 is 3.01.